The first kappa shape index (κ1) is 18.5. The van der Waals surface area contributed by atoms with Gasteiger partial charge in [-0.2, -0.15) is 0 Å². The van der Waals surface area contributed by atoms with E-state index in [1.54, 1.807) is 7.11 Å². The van der Waals surface area contributed by atoms with Crippen molar-refractivity contribution >= 4 is 5.91 Å². The van der Waals surface area contributed by atoms with Crippen molar-refractivity contribution in [3.05, 3.63) is 65.7 Å². The molecule has 138 valence electrons. The zero-order chi connectivity index (χ0) is 18.2. The van der Waals surface area contributed by atoms with Crippen molar-refractivity contribution in [2.45, 2.75) is 38.3 Å². The maximum Gasteiger partial charge on any atom is 0.224 e. The lowest BCUT2D eigenvalue weighted by atomic mass is 10.1. The molecular formula is C22H28N2O2. The Bertz CT molecular complexity index is 679. The van der Waals surface area contributed by atoms with Crippen LogP contribution in [0.2, 0.25) is 0 Å². The number of carbonyl (C=O) groups is 1. The van der Waals surface area contributed by atoms with E-state index in [0.29, 0.717) is 19.0 Å². The highest BCUT2D eigenvalue weighted by Gasteiger charge is 2.21. The van der Waals surface area contributed by atoms with E-state index in [0.717, 1.165) is 31.7 Å². The van der Waals surface area contributed by atoms with E-state index in [9.17, 15) is 4.79 Å². The number of ether oxygens (including phenoxy) is 1. The summed E-state index contributed by atoms with van der Waals surface area (Å²) in [5.74, 6) is 1.10. The van der Waals surface area contributed by atoms with Crippen molar-refractivity contribution in [1.29, 1.82) is 0 Å². The molecule has 4 heteroatoms. The van der Waals surface area contributed by atoms with Crippen molar-refractivity contribution in [3.8, 4) is 5.75 Å². The second-order valence-electron chi connectivity index (χ2n) is 6.90. The minimum Gasteiger partial charge on any atom is -0.497 e. The molecule has 1 fully saturated rings. The zero-order valence-corrected chi connectivity index (χ0v) is 15.5. The Morgan fingerprint density at radius 1 is 1.12 bits per heavy atom. The fourth-order valence-corrected chi connectivity index (χ4v) is 3.42. The third-order valence-electron chi connectivity index (χ3n) is 4.98. The van der Waals surface area contributed by atoms with Gasteiger partial charge in [0.2, 0.25) is 5.91 Å². The van der Waals surface area contributed by atoms with Gasteiger partial charge in [-0.15, -0.1) is 0 Å². The summed E-state index contributed by atoms with van der Waals surface area (Å²) < 4.78 is 5.21. The van der Waals surface area contributed by atoms with Crippen LogP contribution in [-0.2, 0) is 17.8 Å². The molecule has 0 bridgehead atoms. The van der Waals surface area contributed by atoms with Gasteiger partial charge in [0.05, 0.1) is 7.11 Å². The molecule has 1 amide bonds. The standard InChI is InChI=1S/C22H28N2O2/c1-26-21-11-9-18(10-12-21)13-15-24(17-19-6-3-2-4-7-19)22(25)16-20-8-5-14-23-20/h2-4,6-7,9-12,20,23H,5,8,13-17H2,1H3. The van der Waals surface area contributed by atoms with Crippen LogP contribution in [0.1, 0.15) is 30.4 Å². The van der Waals surface area contributed by atoms with Crippen LogP contribution in [0.15, 0.2) is 54.6 Å². The number of amides is 1. The van der Waals surface area contributed by atoms with Crippen molar-refractivity contribution in [2.24, 2.45) is 0 Å². The van der Waals surface area contributed by atoms with Gasteiger partial charge in [-0.1, -0.05) is 42.5 Å². The number of hydrogen-bond acceptors (Lipinski definition) is 3. The lowest BCUT2D eigenvalue weighted by molar-refractivity contribution is -0.132. The van der Waals surface area contributed by atoms with Gasteiger partial charge in [-0.25, -0.2) is 0 Å². The van der Waals surface area contributed by atoms with Gasteiger partial charge in [0.25, 0.3) is 0 Å². The van der Waals surface area contributed by atoms with Gasteiger partial charge < -0.3 is 15.0 Å². The largest absolute Gasteiger partial charge is 0.497 e. The smallest absolute Gasteiger partial charge is 0.224 e. The monoisotopic (exact) mass is 352 g/mol. The van der Waals surface area contributed by atoms with E-state index in [1.807, 2.05) is 35.2 Å². The maximum atomic E-state index is 12.9. The molecule has 1 saturated heterocycles. The Morgan fingerprint density at radius 2 is 1.88 bits per heavy atom. The molecule has 4 nitrogen and oxygen atoms in total. The summed E-state index contributed by atoms with van der Waals surface area (Å²) in [6.07, 6.45) is 3.71. The Morgan fingerprint density at radius 3 is 2.54 bits per heavy atom. The van der Waals surface area contributed by atoms with Crippen LogP contribution < -0.4 is 10.1 Å². The van der Waals surface area contributed by atoms with Crippen molar-refractivity contribution in [1.82, 2.24) is 10.2 Å². The van der Waals surface area contributed by atoms with Gasteiger partial charge in [0.15, 0.2) is 0 Å². The number of rotatable bonds is 8. The number of methoxy groups -OCH3 is 1. The van der Waals surface area contributed by atoms with Gasteiger partial charge in [0.1, 0.15) is 5.75 Å². The minimum atomic E-state index is 0.238. The molecule has 1 atom stereocenters. The molecule has 0 aromatic heterocycles. The van der Waals surface area contributed by atoms with Crippen LogP contribution in [-0.4, -0.2) is 37.0 Å². The summed E-state index contributed by atoms with van der Waals surface area (Å²) in [4.78, 5) is 14.9. The Hall–Kier alpha value is -2.33. The number of nitrogens with zero attached hydrogens (tertiary/aromatic N) is 1. The Balaban J connectivity index is 1.63. The van der Waals surface area contributed by atoms with Crippen molar-refractivity contribution < 1.29 is 9.53 Å². The molecule has 0 aliphatic carbocycles. The molecule has 3 rings (SSSR count). The van der Waals surface area contributed by atoms with E-state index < -0.39 is 0 Å². The molecule has 2 aromatic rings. The second kappa shape index (κ2) is 9.39. The summed E-state index contributed by atoms with van der Waals surface area (Å²) in [6.45, 7) is 2.43. The first-order valence-corrected chi connectivity index (χ1v) is 9.42. The first-order valence-electron chi connectivity index (χ1n) is 9.42. The normalized spacial score (nSPS) is 16.4. The molecule has 0 spiro atoms. The summed E-state index contributed by atoms with van der Waals surface area (Å²) in [5, 5.41) is 3.43. The predicted octanol–water partition coefficient (Wildman–Crippen LogP) is 3.41. The molecule has 1 aliphatic rings. The summed E-state index contributed by atoms with van der Waals surface area (Å²) in [6, 6.07) is 18.7. The second-order valence-corrected chi connectivity index (χ2v) is 6.90. The Kier molecular flexibility index (Phi) is 6.67. The van der Waals surface area contributed by atoms with Gasteiger partial charge in [0, 0.05) is 25.6 Å². The van der Waals surface area contributed by atoms with Crippen LogP contribution in [0.4, 0.5) is 0 Å². The molecular weight excluding hydrogens is 324 g/mol. The van der Waals surface area contributed by atoms with Gasteiger partial charge in [-0.3, -0.25) is 4.79 Å². The van der Waals surface area contributed by atoms with Crippen LogP contribution >= 0.6 is 0 Å². The predicted molar refractivity (Wildman–Crippen MR) is 104 cm³/mol. The van der Waals surface area contributed by atoms with Crippen molar-refractivity contribution in [3.63, 3.8) is 0 Å². The molecule has 0 saturated carbocycles. The fraction of sp³-hybridized carbons (Fsp3) is 0.409. The lowest BCUT2D eigenvalue weighted by Crippen LogP contribution is -2.36. The zero-order valence-electron chi connectivity index (χ0n) is 15.5. The maximum absolute atomic E-state index is 12.9. The fourth-order valence-electron chi connectivity index (χ4n) is 3.42. The van der Waals surface area contributed by atoms with E-state index in [-0.39, 0.29) is 5.91 Å². The molecule has 26 heavy (non-hydrogen) atoms. The van der Waals surface area contributed by atoms with Crippen molar-refractivity contribution in [2.75, 3.05) is 20.2 Å². The highest BCUT2D eigenvalue weighted by atomic mass is 16.5. The third kappa shape index (κ3) is 5.33. The summed E-state index contributed by atoms with van der Waals surface area (Å²) in [5.41, 5.74) is 2.39. The van der Waals surface area contributed by atoms with Gasteiger partial charge in [-0.05, 0) is 49.1 Å². The average Bonchev–Trinajstić information content (AvgIpc) is 3.19. The molecule has 1 unspecified atom stereocenters. The summed E-state index contributed by atoms with van der Waals surface area (Å²) in [7, 11) is 1.67. The minimum absolute atomic E-state index is 0.238. The quantitative estimate of drug-likeness (QED) is 0.792. The lowest BCUT2D eigenvalue weighted by Gasteiger charge is -2.24. The third-order valence-corrected chi connectivity index (χ3v) is 4.98. The number of carbonyl (C=O) groups excluding carboxylic acids is 1. The van der Waals surface area contributed by atoms with E-state index in [1.165, 1.54) is 17.5 Å². The number of benzene rings is 2. The van der Waals surface area contributed by atoms with E-state index in [2.05, 4.69) is 29.6 Å². The topological polar surface area (TPSA) is 41.6 Å². The van der Waals surface area contributed by atoms with E-state index in [4.69, 9.17) is 4.74 Å². The van der Waals surface area contributed by atoms with Crippen LogP contribution in [0.25, 0.3) is 0 Å². The van der Waals surface area contributed by atoms with Crippen LogP contribution in [0, 0.1) is 0 Å². The van der Waals surface area contributed by atoms with Gasteiger partial charge >= 0.3 is 0 Å². The molecule has 1 aliphatic heterocycles. The highest BCUT2D eigenvalue weighted by Crippen LogP contribution is 2.15. The molecule has 1 N–H and O–H groups in total. The SMILES string of the molecule is COc1ccc(CCN(Cc2ccccc2)C(=O)CC2CCCN2)cc1. The summed E-state index contributed by atoms with van der Waals surface area (Å²) >= 11 is 0. The Labute approximate surface area is 156 Å². The highest BCUT2D eigenvalue weighted by molar-refractivity contribution is 5.77. The van der Waals surface area contributed by atoms with Crippen LogP contribution in [0.3, 0.4) is 0 Å². The molecule has 0 radical (unpaired) electrons. The number of nitrogens with one attached hydrogen (secondary N) is 1. The average molecular weight is 352 g/mol. The molecule has 1 heterocycles. The van der Waals surface area contributed by atoms with Crippen LogP contribution in [0.5, 0.6) is 5.75 Å². The molecule has 2 aromatic carbocycles. The first-order chi connectivity index (χ1) is 12.7. The number of hydrogen-bond donors (Lipinski definition) is 1. The van der Waals surface area contributed by atoms with E-state index >= 15 is 0 Å².